The minimum atomic E-state index is 0.321. The molecule has 0 bridgehead atoms. The van der Waals surface area contributed by atoms with Gasteiger partial charge >= 0.3 is 0 Å². The van der Waals surface area contributed by atoms with Crippen molar-refractivity contribution in [3.05, 3.63) is 16.4 Å². The first-order valence-electron chi connectivity index (χ1n) is 7.07. The molecular weight excluding hydrogens is 306 g/mol. The molecule has 5 heteroatoms. The van der Waals surface area contributed by atoms with Gasteiger partial charge in [0.15, 0.2) is 0 Å². The van der Waals surface area contributed by atoms with E-state index in [4.69, 9.17) is 4.74 Å². The second-order valence-electron chi connectivity index (χ2n) is 5.00. The highest BCUT2D eigenvalue weighted by molar-refractivity contribution is 9.10. The first-order chi connectivity index (χ1) is 9.13. The molecule has 0 fully saturated rings. The Bertz CT molecular complexity index is 368. The zero-order valence-electron chi connectivity index (χ0n) is 12.4. The van der Waals surface area contributed by atoms with Gasteiger partial charge in [0.05, 0.1) is 22.4 Å². The molecule has 2 unspecified atom stereocenters. The van der Waals surface area contributed by atoms with E-state index >= 15 is 0 Å². The fourth-order valence-electron chi connectivity index (χ4n) is 2.34. The molecule has 1 aromatic rings. The quantitative estimate of drug-likeness (QED) is 0.753. The summed E-state index contributed by atoms with van der Waals surface area (Å²) in [4.78, 5) is 0. The molecule has 2 atom stereocenters. The second-order valence-corrected chi connectivity index (χ2v) is 5.85. The minimum Gasteiger partial charge on any atom is -0.384 e. The highest BCUT2D eigenvalue weighted by Crippen LogP contribution is 2.28. The van der Waals surface area contributed by atoms with Gasteiger partial charge in [0.25, 0.3) is 0 Å². The van der Waals surface area contributed by atoms with Crippen molar-refractivity contribution in [2.75, 3.05) is 20.3 Å². The van der Waals surface area contributed by atoms with E-state index in [1.165, 1.54) is 5.69 Å². The first kappa shape index (κ1) is 16.7. The number of nitrogens with zero attached hydrogens (tertiary/aromatic N) is 2. The molecule has 0 saturated heterocycles. The number of ether oxygens (including phenoxy) is 1. The third-order valence-electron chi connectivity index (χ3n) is 3.19. The van der Waals surface area contributed by atoms with Crippen molar-refractivity contribution in [1.82, 2.24) is 15.1 Å². The van der Waals surface area contributed by atoms with Crippen molar-refractivity contribution < 1.29 is 4.74 Å². The Morgan fingerprint density at radius 2 is 2.21 bits per heavy atom. The number of rotatable bonds is 9. The van der Waals surface area contributed by atoms with Crippen LogP contribution in [0.4, 0.5) is 0 Å². The lowest BCUT2D eigenvalue weighted by Crippen LogP contribution is -2.27. The van der Waals surface area contributed by atoms with Crippen LogP contribution in [0.3, 0.4) is 0 Å². The van der Waals surface area contributed by atoms with Crippen molar-refractivity contribution >= 4 is 15.9 Å². The SMILES string of the molecule is CCCNC(CC(C)COC)c1c(Br)cnn1CC. The van der Waals surface area contributed by atoms with Crippen molar-refractivity contribution in [3.8, 4) is 0 Å². The number of aromatic nitrogens is 2. The van der Waals surface area contributed by atoms with Gasteiger partial charge in [-0.3, -0.25) is 4.68 Å². The molecule has 0 saturated carbocycles. The topological polar surface area (TPSA) is 39.1 Å². The standard InChI is InChI=1S/C14H26BrN3O/c1-5-7-16-13(8-11(3)10-19-4)14-12(15)9-17-18(14)6-2/h9,11,13,16H,5-8,10H2,1-4H3. The summed E-state index contributed by atoms with van der Waals surface area (Å²) in [5.41, 5.74) is 1.25. The number of hydrogen-bond acceptors (Lipinski definition) is 3. The Kier molecular flexibility index (Phi) is 7.64. The van der Waals surface area contributed by atoms with Crippen molar-refractivity contribution in [2.45, 2.75) is 46.2 Å². The van der Waals surface area contributed by atoms with E-state index in [1.54, 1.807) is 7.11 Å². The summed E-state index contributed by atoms with van der Waals surface area (Å²) in [6.07, 6.45) is 4.08. The molecule has 110 valence electrons. The molecule has 19 heavy (non-hydrogen) atoms. The van der Waals surface area contributed by atoms with Gasteiger partial charge in [-0.15, -0.1) is 0 Å². The molecular formula is C14H26BrN3O. The smallest absolute Gasteiger partial charge is 0.0695 e. The Morgan fingerprint density at radius 1 is 1.47 bits per heavy atom. The van der Waals surface area contributed by atoms with Crippen LogP contribution in [0.25, 0.3) is 0 Å². The van der Waals surface area contributed by atoms with E-state index in [9.17, 15) is 0 Å². The summed E-state index contributed by atoms with van der Waals surface area (Å²) in [6, 6.07) is 0.321. The summed E-state index contributed by atoms with van der Waals surface area (Å²) in [5, 5.41) is 8.05. The van der Waals surface area contributed by atoms with Crippen LogP contribution in [0, 0.1) is 5.92 Å². The Hall–Kier alpha value is -0.390. The van der Waals surface area contributed by atoms with E-state index < -0.39 is 0 Å². The van der Waals surface area contributed by atoms with E-state index in [0.717, 1.165) is 37.0 Å². The first-order valence-corrected chi connectivity index (χ1v) is 7.86. The molecule has 1 rings (SSSR count). The summed E-state index contributed by atoms with van der Waals surface area (Å²) in [6.45, 7) is 9.25. The van der Waals surface area contributed by atoms with E-state index in [-0.39, 0.29) is 0 Å². The van der Waals surface area contributed by atoms with Crippen molar-refractivity contribution in [1.29, 1.82) is 0 Å². The zero-order chi connectivity index (χ0) is 14.3. The van der Waals surface area contributed by atoms with Crippen LogP contribution in [0.2, 0.25) is 0 Å². The van der Waals surface area contributed by atoms with E-state index in [2.05, 4.69) is 51.8 Å². The average Bonchev–Trinajstić information content (AvgIpc) is 2.76. The van der Waals surface area contributed by atoms with Gasteiger partial charge in [-0.2, -0.15) is 5.10 Å². The van der Waals surface area contributed by atoms with Crippen LogP contribution in [0.5, 0.6) is 0 Å². The Morgan fingerprint density at radius 3 is 2.79 bits per heavy atom. The maximum atomic E-state index is 5.25. The van der Waals surface area contributed by atoms with Crippen LogP contribution in [0.1, 0.15) is 45.3 Å². The van der Waals surface area contributed by atoms with Gasteiger partial charge < -0.3 is 10.1 Å². The highest BCUT2D eigenvalue weighted by Gasteiger charge is 2.21. The van der Waals surface area contributed by atoms with Crippen molar-refractivity contribution in [2.24, 2.45) is 5.92 Å². The van der Waals surface area contributed by atoms with Gasteiger partial charge in [-0.05, 0) is 48.2 Å². The molecule has 0 aromatic carbocycles. The molecule has 0 spiro atoms. The number of aryl methyl sites for hydroxylation is 1. The molecule has 1 N–H and O–H groups in total. The van der Waals surface area contributed by atoms with Crippen molar-refractivity contribution in [3.63, 3.8) is 0 Å². The maximum Gasteiger partial charge on any atom is 0.0695 e. The lowest BCUT2D eigenvalue weighted by atomic mass is 10.00. The highest BCUT2D eigenvalue weighted by atomic mass is 79.9. The van der Waals surface area contributed by atoms with Crippen LogP contribution < -0.4 is 5.32 Å². The lowest BCUT2D eigenvalue weighted by Gasteiger charge is -2.23. The average molecular weight is 332 g/mol. The summed E-state index contributed by atoms with van der Waals surface area (Å²) in [7, 11) is 1.76. The predicted octanol–water partition coefficient (Wildman–Crippen LogP) is 3.38. The summed E-state index contributed by atoms with van der Waals surface area (Å²) >= 11 is 3.62. The molecule has 0 aliphatic heterocycles. The van der Waals surface area contributed by atoms with E-state index in [0.29, 0.717) is 12.0 Å². The van der Waals surface area contributed by atoms with Gasteiger partial charge in [0, 0.05) is 20.3 Å². The van der Waals surface area contributed by atoms with Crippen LogP contribution in [-0.2, 0) is 11.3 Å². The number of methoxy groups -OCH3 is 1. The molecule has 0 aliphatic rings. The monoisotopic (exact) mass is 331 g/mol. The number of hydrogen-bond donors (Lipinski definition) is 1. The second kappa shape index (κ2) is 8.72. The zero-order valence-corrected chi connectivity index (χ0v) is 14.0. The number of nitrogens with one attached hydrogen (secondary N) is 1. The summed E-state index contributed by atoms with van der Waals surface area (Å²) < 4.78 is 8.41. The van der Waals surface area contributed by atoms with Gasteiger partial charge in [0.2, 0.25) is 0 Å². The largest absolute Gasteiger partial charge is 0.384 e. The molecule has 0 aliphatic carbocycles. The molecule has 0 radical (unpaired) electrons. The Balaban J connectivity index is 2.85. The lowest BCUT2D eigenvalue weighted by molar-refractivity contribution is 0.148. The van der Waals surface area contributed by atoms with Gasteiger partial charge in [-0.25, -0.2) is 0 Å². The molecule has 1 heterocycles. The summed E-state index contributed by atoms with van der Waals surface area (Å²) in [5.74, 6) is 0.520. The molecule has 0 amide bonds. The molecule has 1 aromatic heterocycles. The van der Waals surface area contributed by atoms with E-state index in [1.807, 2.05) is 6.20 Å². The van der Waals surface area contributed by atoms with Crippen LogP contribution in [-0.4, -0.2) is 30.0 Å². The van der Waals surface area contributed by atoms with Crippen LogP contribution >= 0.6 is 15.9 Å². The number of halogens is 1. The fourth-order valence-corrected chi connectivity index (χ4v) is 2.91. The van der Waals surface area contributed by atoms with Gasteiger partial charge in [0.1, 0.15) is 0 Å². The fraction of sp³-hybridized carbons (Fsp3) is 0.786. The van der Waals surface area contributed by atoms with Crippen LogP contribution in [0.15, 0.2) is 10.7 Å². The Labute approximate surface area is 125 Å². The molecule has 4 nitrogen and oxygen atoms in total. The third-order valence-corrected chi connectivity index (χ3v) is 3.80. The maximum absolute atomic E-state index is 5.25. The minimum absolute atomic E-state index is 0.321. The van der Waals surface area contributed by atoms with Gasteiger partial charge in [-0.1, -0.05) is 13.8 Å². The third kappa shape index (κ3) is 4.89. The predicted molar refractivity (Wildman–Crippen MR) is 82.3 cm³/mol. The normalized spacial score (nSPS) is 14.6.